The van der Waals surface area contributed by atoms with E-state index in [9.17, 15) is 59.1 Å². The van der Waals surface area contributed by atoms with Crippen molar-refractivity contribution in [2.45, 2.75) is 648 Å². The van der Waals surface area contributed by atoms with Gasteiger partial charge < -0.3 is 73.8 Å². The van der Waals surface area contributed by atoms with E-state index < -0.39 is 168 Å². The summed E-state index contributed by atoms with van der Waals surface area (Å²) in [4.78, 5) is 136. The summed E-state index contributed by atoms with van der Waals surface area (Å²) in [7, 11) is -5.65. The lowest BCUT2D eigenvalue weighted by Crippen LogP contribution is -2.68. The smallest absolute Gasteiger partial charge is 0.374 e. The first-order chi connectivity index (χ1) is 66.1. The predicted molar refractivity (Wildman–Crippen MR) is 543 cm³/mol. The highest BCUT2D eigenvalue weighted by Crippen LogP contribution is 2.46. The Hall–Kier alpha value is -3.72. The Labute approximate surface area is 828 Å². The summed E-state index contributed by atoms with van der Waals surface area (Å²) in [5.74, 6) is -4.98. The van der Waals surface area contributed by atoms with E-state index in [0.29, 0.717) is 57.8 Å². The van der Waals surface area contributed by atoms with Crippen molar-refractivity contribution in [1.82, 2.24) is 10.6 Å². The van der Waals surface area contributed by atoms with Crippen LogP contribution < -0.4 is 15.5 Å². The molecule has 2 aliphatic heterocycles. The maximum absolute atomic E-state index is 15.3. The molecule has 0 radical (unpaired) electrons. The zero-order chi connectivity index (χ0) is 99.4. The van der Waals surface area contributed by atoms with Gasteiger partial charge in [0.25, 0.3) is 0 Å². The van der Waals surface area contributed by atoms with Gasteiger partial charge in [-0.3, -0.25) is 33.6 Å². The molecule has 0 aliphatic carbocycles. The highest BCUT2D eigenvalue weighted by molar-refractivity contribution is 7.51. The topological polar surface area (TPSA) is 371 Å². The fraction of sp³-hybridized carbons (Fsp3) is 0.936. The number of carbonyl (C=O) groups is 7. The van der Waals surface area contributed by atoms with Crippen molar-refractivity contribution in [2.75, 3.05) is 13.2 Å². The van der Waals surface area contributed by atoms with Crippen molar-refractivity contribution in [3.8, 4) is 0 Å². The number of esters is 5. The van der Waals surface area contributed by atoms with Gasteiger partial charge in [0.2, 0.25) is 11.8 Å². The number of carbonyl (C=O) groups excluding carboxylic acids is 7. The number of nitrogens with one attached hydrogen (secondary N) is 2. The molecule has 0 bridgehead atoms. The number of ether oxygens (including phenoxy) is 8. The normalized spacial score (nSPS) is 19.4. The Bertz CT molecular complexity index is 2830. The van der Waals surface area contributed by atoms with Crippen molar-refractivity contribution in [2.24, 2.45) is 0 Å². The van der Waals surface area contributed by atoms with Gasteiger partial charge in [0.05, 0.1) is 45.0 Å². The van der Waals surface area contributed by atoms with Gasteiger partial charge in [-0.15, -0.1) is 0 Å². The summed E-state index contributed by atoms with van der Waals surface area (Å²) in [6, 6.07) is -3.53. The van der Waals surface area contributed by atoms with Crippen molar-refractivity contribution in [3.05, 3.63) is 0 Å². The molecule has 2 fully saturated rings. The standard InChI is InChI=1S/C110H207N2O23P/c1-8-15-22-29-36-43-45-46-48-55-62-68-75-81-98(117)128-91(78-71-64-57-50-39-32-25-18-11-4)85-96(115)111-103-107(133-101(120)84-90(114)77-70-63-56-49-38-31-24-17-10-3)105(122)95(131-109(103)123)89-127-110-104(112-97(116)86-92(79-72-65-58-51-40-33-26-19-12-5)129-99(118)82-74-67-60-53-42-35-28-21-14-7)108(106(94(88-113)132-110)135-136(124,125)126)134-102(121)87-93(80-73-66-59-52-41-34-27-20-13-6)130-100(119)83-76-69-61-54-47-44-37-30-23-16-9-2/h90-95,103-110,113-114,122-123H,8-89H2,1-7H3,(H,111,115)(H,112,116)(H2,124,125,126). The molecule has 14 unspecified atom stereocenters. The maximum atomic E-state index is 15.3. The number of hydrogen-bond acceptors (Lipinski definition) is 23. The highest BCUT2D eigenvalue weighted by Gasteiger charge is 2.55. The monoisotopic (exact) mass is 1960 g/mol. The SMILES string of the molecule is CCCCCCCCCCCCCCCC(=O)OC(CCCCCCCCCCC)CC(=O)NC1C(O)OC(COC2OC(CO)C(O[P+]([O-])(O)O)C(OC(=O)CC(CCCCCCCCCCC)OC(=O)CCCCCCCCCCCCC)C2NC(=O)CC(CCCCCCCCCCC)OC(=O)CCCCCCCCCCC)C(O)C1OC(=O)CC(O)CCCCCCCCCCC. The van der Waals surface area contributed by atoms with Crippen LogP contribution in [0.5, 0.6) is 0 Å². The molecule has 25 nitrogen and oxygen atoms in total. The second-order valence-electron chi connectivity index (χ2n) is 40.4. The van der Waals surface area contributed by atoms with Crippen LogP contribution in [0, 0.1) is 0 Å². The van der Waals surface area contributed by atoms with Crippen LogP contribution in [0.1, 0.15) is 562 Å². The fourth-order valence-electron chi connectivity index (χ4n) is 19.0. The number of phosphoric acid groups is 1. The van der Waals surface area contributed by atoms with Crippen LogP contribution in [0.3, 0.4) is 0 Å². The van der Waals surface area contributed by atoms with E-state index in [0.717, 1.165) is 257 Å². The molecule has 2 aliphatic rings. The second kappa shape index (κ2) is 88.9. The Balaban J connectivity index is 2.82. The Kier molecular flexibility index (Phi) is 83.9. The van der Waals surface area contributed by atoms with Gasteiger partial charge in [0.15, 0.2) is 30.9 Å². The number of aliphatic hydroxyl groups excluding tert-OH is 4. The molecule has 2 amide bonds. The summed E-state index contributed by atoms with van der Waals surface area (Å²) >= 11 is 0. The van der Waals surface area contributed by atoms with Crippen LogP contribution >= 0.6 is 8.17 Å². The minimum atomic E-state index is -5.65. The zero-order valence-corrected chi connectivity index (χ0v) is 88.5. The number of unbranched alkanes of at least 4 members (excludes halogenated alkanes) is 62. The summed E-state index contributed by atoms with van der Waals surface area (Å²) in [6.07, 6.45) is 52.7. The first kappa shape index (κ1) is 128. The molecule has 136 heavy (non-hydrogen) atoms. The Morgan fingerprint density at radius 1 is 0.316 bits per heavy atom. The molecular formula is C110H207N2O23P. The average molecular weight is 1960 g/mol. The van der Waals surface area contributed by atoms with Gasteiger partial charge in [0, 0.05) is 19.3 Å². The lowest BCUT2D eigenvalue weighted by atomic mass is 9.95. The highest BCUT2D eigenvalue weighted by atomic mass is 31.2. The Morgan fingerprint density at radius 2 is 0.581 bits per heavy atom. The third-order valence-corrected chi connectivity index (χ3v) is 27.9. The third kappa shape index (κ3) is 70.9. The van der Waals surface area contributed by atoms with Crippen LogP contribution in [0.25, 0.3) is 0 Å². The molecule has 0 aromatic carbocycles. The number of aliphatic hydroxyl groups is 4. The molecule has 2 heterocycles. The molecule has 0 spiro atoms. The maximum Gasteiger partial charge on any atom is 0.374 e. The molecule has 0 aromatic heterocycles. The van der Waals surface area contributed by atoms with E-state index in [1.54, 1.807) is 0 Å². The predicted octanol–water partition coefficient (Wildman–Crippen LogP) is 25.4. The van der Waals surface area contributed by atoms with E-state index in [2.05, 4.69) is 59.1 Å². The van der Waals surface area contributed by atoms with Crippen LogP contribution in [0.4, 0.5) is 0 Å². The largest absolute Gasteiger partial charge is 0.606 e. The number of rotatable bonds is 97. The van der Waals surface area contributed by atoms with Gasteiger partial charge in [-0.25, -0.2) is 0 Å². The summed E-state index contributed by atoms with van der Waals surface area (Å²) in [5.41, 5.74) is 0. The van der Waals surface area contributed by atoms with E-state index in [-0.39, 0.29) is 38.5 Å². The van der Waals surface area contributed by atoms with Crippen LogP contribution in [-0.2, 0) is 76.0 Å². The number of phosphoric ester groups is 1. The summed E-state index contributed by atoms with van der Waals surface area (Å²) < 4.78 is 55.4. The van der Waals surface area contributed by atoms with Gasteiger partial charge in [-0.1, -0.05) is 453 Å². The van der Waals surface area contributed by atoms with Gasteiger partial charge >= 0.3 is 38.0 Å². The molecule has 800 valence electrons. The van der Waals surface area contributed by atoms with Crippen LogP contribution in [0.2, 0.25) is 0 Å². The summed E-state index contributed by atoms with van der Waals surface area (Å²) in [5, 5.41) is 53.3. The average Bonchev–Trinajstić information content (AvgIpc) is 0.775. The minimum Gasteiger partial charge on any atom is -0.606 e. The molecule has 8 N–H and O–H groups in total. The van der Waals surface area contributed by atoms with E-state index in [4.69, 9.17) is 42.4 Å². The van der Waals surface area contributed by atoms with Crippen molar-refractivity contribution in [3.63, 3.8) is 0 Å². The van der Waals surface area contributed by atoms with E-state index >= 15 is 9.59 Å². The van der Waals surface area contributed by atoms with Crippen molar-refractivity contribution in [1.29, 1.82) is 0 Å². The first-order valence-corrected chi connectivity index (χ1v) is 58.5. The molecule has 0 aromatic rings. The van der Waals surface area contributed by atoms with Gasteiger partial charge in [-0.2, -0.15) is 14.3 Å². The molecule has 2 rings (SSSR count). The molecule has 0 saturated carbocycles. The summed E-state index contributed by atoms with van der Waals surface area (Å²) in [6.45, 7) is 13.5. The van der Waals surface area contributed by atoms with Gasteiger partial charge in [0.1, 0.15) is 48.7 Å². The molecular weight excluding hydrogens is 1750 g/mol. The number of amides is 2. The van der Waals surface area contributed by atoms with Gasteiger partial charge in [-0.05, 0) is 64.2 Å². The van der Waals surface area contributed by atoms with E-state index in [1.165, 1.54) is 141 Å². The Morgan fingerprint density at radius 3 is 0.882 bits per heavy atom. The van der Waals surface area contributed by atoms with Crippen LogP contribution in [-0.4, -0.2) is 171 Å². The van der Waals surface area contributed by atoms with E-state index in [1.807, 2.05) is 0 Å². The number of hydrogen-bond donors (Lipinski definition) is 8. The zero-order valence-electron chi connectivity index (χ0n) is 87.6. The molecule has 26 heteroatoms. The molecule has 14 atom stereocenters. The molecule has 2 saturated heterocycles. The quantitative estimate of drug-likeness (QED) is 0.0121. The van der Waals surface area contributed by atoms with Crippen molar-refractivity contribution >= 4 is 49.8 Å². The third-order valence-electron chi connectivity index (χ3n) is 27.4. The fourth-order valence-corrected chi connectivity index (χ4v) is 19.6. The van der Waals surface area contributed by atoms with Crippen LogP contribution in [0.15, 0.2) is 0 Å². The first-order valence-electron chi connectivity index (χ1n) is 56.9. The van der Waals surface area contributed by atoms with Crippen molar-refractivity contribution < 1.29 is 111 Å². The lowest BCUT2D eigenvalue weighted by Gasteiger charge is -2.46. The lowest BCUT2D eigenvalue weighted by molar-refractivity contribution is -0.307. The second-order valence-corrected chi connectivity index (χ2v) is 41.6. The minimum absolute atomic E-state index is 0.105.